The summed E-state index contributed by atoms with van der Waals surface area (Å²) in [5, 5.41) is 12.4. The molecule has 0 aromatic heterocycles. The fraction of sp³-hybridized carbons (Fsp3) is 0.417. The number of rotatable bonds is 7. The Bertz CT molecular complexity index is 913. The normalized spacial score (nSPS) is 14.8. The Hall–Kier alpha value is -3.24. The zero-order valence-electron chi connectivity index (χ0n) is 18.6. The Morgan fingerprint density at radius 2 is 1.81 bits per heavy atom. The SMILES string of the molecule is CCNC(=NCc1ccc(C#N)cc1)N1CCN(Cc2cc(OC)ccc2OC)CC1. The number of aliphatic imine (C=N–C) groups is 1. The molecule has 0 aliphatic carbocycles. The van der Waals surface area contributed by atoms with Crippen LogP contribution in [0.25, 0.3) is 0 Å². The van der Waals surface area contributed by atoms with Crippen LogP contribution in [0.4, 0.5) is 0 Å². The van der Waals surface area contributed by atoms with Crippen LogP contribution < -0.4 is 14.8 Å². The van der Waals surface area contributed by atoms with Crippen molar-refractivity contribution in [1.29, 1.82) is 5.26 Å². The molecule has 0 saturated carbocycles. The topological polar surface area (TPSA) is 73.1 Å². The van der Waals surface area contributed by atoms with Gasteiger partial charge in [-0.1, -0.05) is 12.1 Å². The van der Waals surface area contributed by atoms with Crippen LogP contribution in [0.15, 0.2) is 47.5 Å². The lowest BCUT2D eigenvalue weighted by molar-refractivity contribution is 0.171. The Morgan fingerprint density at radius 1 is 1.06 bits per heavy atom. The first kappa shape index (κ1) is 22.4. The summed E-state index contributed by atoms with van der Waals surface area (Å²) >= 11 is 0. The lowest BCUT2D eigenvalue weighted by atomic mass is 10.1. The van der Waals surface area contributed by atoms with Gasteiger partial charge in [-0.25, -0.2) is 4.99 Å². The second kappa shape index (κ2) is 11.2. The molecule has 1 saturated heterocycles. The molecule has 7 nitrogen and oxygen atoms in total. The highest BCUT2D eigenvalue weighted by molar-refractivity contribution is 5.80. The van der Waals surface area contributed by atoms with Crippen molar-refractivity contribution in [2.24, 2.45) is 4.99 Å². The van der Waals surface area contributed by atoms with Crippen LogP contribution in [-0.4, -0.2) is 62.7 Å². The van der Waals surface area contributed by atoms with Crippen molar-refractivity contribution >= 4 is 5.96 Å². The summed E-state index contributed by atoms with van der Waals surface area (Å²) in [5.41, 5.74) is 2.90. The van der Waals surface area contributed by atoms with Gasteiger partial charge >= 0.3 is 0 Å². The van der Waals surface area contributed by atoms with Gasteiger partial charge in [0.25, 0.3) is 0 Å². The summed E-state index contributed by atoms with van der Waals surface area (Å²) in [7, 11) is 3.39. The molecule has 0 bridgehead atoms. The molecule has 164 valence electrons. The van der Waals surface area contributed by atoms with Crippen molar-refractivity contribution in [3.63, 3.8) is 0 Å². The van der Waals surface area contributed by atoms with Crippen molar-refractivity contribution < 1.29 is 9.47 Å². The smallest absolute Gasteiger partial charge is 0.194 e. The van der Waals surface area contributed by atoms with Crippen LogP contribution in [0.1, 0.15) is 23.6 Å². The maximum Gasteiger partial charge on any atom is 0.194 e. The number of hydrogen-bond acceptors (Lipinski definition) is 5. The second-order valence-electron chi connectivity index (χ2n) is 7.42. The monoisotopic (exact) mass is 421 g/mol. The molecule has 1 aliphatic rings. The molecule has 3 rings (SSSR count). The Balaban J connectivity index is 1.60. The van der Waals surface area contributed by atoms with Crippen LogP contribution in [0, 0.1) is 11.3 Å². The number of ether oxygens (including phenoxy) is 2. The summed E-state index contributed by atoms with van der Waals surface area (Å²) in [6, 6.07) is 15.7. The number of methoxy groups -OCH3 is 2. The van der Waals surface area contributed by atoms with Crippen molar-refractivity contribution in [1.82, 2.24) is 15.1 Å². The van der Waals surface area contributed by atoms with Gasteiger partial charge in [0.05, 0.1) is 32.4 Å². The van der Waals surface area contributed by atoms with E-state index < -0.39 is 0 Å². The number of nitrogens with zero attached hydrogens (tertiary/aromatic N) is 4. The molecule has 31 heavy (non-hydrogen) atoms. The molecular formula is C24H31N5O2. The first-order valence-electron chi connectivity index (χ1n) is 10.6. The van der Waals surface area contributed by atoms with E-state index in [1.54, 1.807) is 14.2 Å². The van der Waals surface area contributed by atoms with Gasteiger partial charge in [-0.15, -0.1) is 0 Å². The quantitative estimate of drug-likeness (QED) is 0.548. The minimum Gasteiger partial charge on any atom is -0.497 e. The molecule has 2 aromatic rings. The van der Waals surface area contributed by atoms with Crippen molar-refractivity contribution in [2.45, 2.75) is 20.0 Å². The standard InChI is InChI=1S/C24H31N5O2/c1-4-26-24(27-17-20-7-5-19(16-25)6-8-20)29-13-11-28(12-14-29)18-21-15-22(30-2)9-10-23(21)31-3/h5-10,15H,4,11-14,17-18H2,1-3H3,(H,26,27). The molecule has 0 atom stereocenters. The lowest BCUT2D eigenvalue weighted by Crippen LogP contribution is -2.52. The molecular weight excluding hydrogens is 390 g/mol. The van der Waals surface area contributed by atoms with E-state index in [-0.39, 0.29) is 0 Å². The van der Waals surface area contributed by atoms with Crippen LogP contribution in [0.2, 0.25) is 0 Å². The minimum atomic E-state index is 0.593. The van der Waals surface area contributed by atoms with E-state index in [2.05, 4.69) is 28.1 Å². The Labute approximate surface area is 184 Å². The van der Waals surface area contributed by atoms with Crippen molar-refractivity contribution in [2.75, 3.05) is 46.9 Å². The van der Waals surface area contributed by atoms with Crippen molar-refractivity contribution in [3.8, 4) is 17.6 Å². The van der Waals surface area contributed by atoms with E-state index in [1.165, 1.54) is 0 Å². The fourth-order valence-corrected chi connectivity index (χ4v) is 3.64. The molecule has 0 spiro atoms. The van der Waals surface area contributed by atoms with E-state index in [4.69, 9.17) is 19.7 Å². The molecule has 0 radical (unpaired) electrons. The summed E-state index contributed by atoms with van der Waals surface area (Å²) in [6.45, 7) is 8.04. The van der Waals surface area contributed by atoms with E-state index in [0.29, 0.717) is 12.1 Å². The van der Waals surface area contributed by atoms with Gasteiger partial charge in [0.15, 0.2) is 5.96 Å². The average molecular weight is 422 g/mol. The van der Waals surface area contributed by atoms with E-state index in [1.807, 2.05) is 42.5 Å². The van der Waals surface area contributed by atoms with E-state index in [0.717, 1.165) is 67.9 Å². The average Bonchev–Trinajstić information content (AvgIpc) is 2.82. The van der Waals surface area contributed by atoms with Crippen LogP contribution in [0.3, 0.4) is 0 Å². The zero-order valence-corrected chi connectivity index (χ0v) is 18.6. The summed E-state index contributed by atoms with van der Waals surface area (Å²) in [5.74, 6) is 2.67. The van der Waals surface area contributed by atoms with Gasteiger partial charge < -0.3 is 19.7 Å². The molecule has 7 heteroatoms. The third-order valence-electron chi connectivity index (χ3n) is 5.38. The summed E-state index contributed by atoms with van der Waals surface area (Å²) in [6.07, 6.45) is 0. The first-order valence-corrected chi connectivity index (χ1v) is 10.6. The molecule has 1 aliphatic heterocycles. The third kappa shape index (κ3) is 6.12. The second-order valence-corrected chi connectivity index (χ2v) is 7.42. The van der Waals surface area contributed by atoms with Crippen LogP contribution in [-0.2, 0) is 13.1 Å². The molecule has 1 N–H and O–H groups in total. The van der Waals surface area contributed by atoms with Gasteiger partial charge in [-0.3, -0.25) is 4.90 Å². The van der Waals surface area contributed by atoms with Crippen LogP contribution >= 0.6 is 0 Å². The summed E-state index contributed by atoms with van der Waals surface area (Å²) in [4.78, 5) is 9.56. The van der Waals surface area contributed by atoms with E-state index in [9.17, 15) is 0 Å². The highest BCUT2D eigenvalue weighted by atomic mass is 16.5. The highest BCUT2D eigenvalue weighted by Gasteiger charge is 2.21. The number of nitrogens with one attached hydrogen (secondary N) is 1. The molecule has 0 amide bonds. The van der Waals surface area contributed by atoms with Gasteiger partial charge in [0.2, 0.25) is 0 Å². The number of benzene rings is 2. The largest absolute Gasteiger partial charge is 0.497 e. The first-order chi connectivity index (χ1) is 15.2. The maximum atomic E-state index is 8.95. The van der Waals surface area contributed by atoms with Gasteiger partial charge in [-0.2, -0.15) is 5.26 Å². The molecule has 0 unspecified atom stereocenters. The molecule has 1 fully saturated rings. The zero-order chi connectivity index (χ0) is 22.1. The molecule has 1 heterocycles. The van der Waals surface area contributed by atoms with Gasteiger partial charge in [0, 0.05) is 44.8 Å². The summed E-state index contributed by atoms with van der Waals surface area (Å²) < 4.78 is 10.9. The van der Waals surface area contributed by atoms with Crippen molar-refractivity contribution in [3.05, 3.63) is 59.2 Å². The number of nitriles is 1. The minimum absolute atomic E-state index is 0.593. The van der Waals surface area contributed by atoms with Gasteiger partial charge in [-0.05, 0) is 42.8 Å². The third-order valence-corrected chi connectivity index (χ3v) is 5.38. The van der Waals surface area contributed by atoms with Gasteiger partial charge in [0.1, 0.15) is 11.5 Å². The van der Waals surface area contributed by atoms with E-state index >= 15 is 0 Å². The lowest BCUT2D eigenvalue weighted by Gasteiger charge is -2.36. The predicted octanol–water partition coefficient (Wildman–Crippen LogP) is 2.86. The number of guanidine groups is 1. The predicted molar refractivity (Wildman–Crippen MR) is 122 cm³/mol. The number of hydrogen-bond donors (Lipinski definition) is 1. The maximum absolute atomic E-state index is 8.95. The highest BCUT2D eigenvalue weighted by Crippen LogP contribution is 2.25. The van der Waals surface area contributed by atoms with Crippen LogP contribution in [0.5, 0.6) is 11.5 Å². The Kier molecular flexibility index (Phi) is 8.13. The Morgan fingerprint density at radius 3 is 2.42 bits per heavy atom. The number of piperazine rings is 1. The fourth-order valence-electron chi connectivity index (χ4n) is 3.64. The molecule has 2 aromatic carbocycles.